The van der Waals surface area contributed by atoms with Crippen molar-refractivity contribution in [2.45, 2.75) is 180 Å². The third kappa shape index (κ3) is 34.2. The zero-order chi connectivity index (χ0) is 38.1. The van der Waals surface area contributed by atoms with Crippen LogP contribution in [0.25, 0.3) is 0 Å². The van der Waals surface area contributed by atoms with Crippen LogP contribution < -0.4 is 10.2 Å². The first-order valence-corrected chi connectivity index (χ1v) is 21.9. The Labute approximate surface area is 313 Å². The third-order valence-electron chi connectivity index (χ3n) is 8.92. The molecule has 4 atom stereocenters. The number of hydrogen-bond donors (Lipinski definition) is 3. The fourth-order valence-electron chi connectivity index (χ4n) is 5.56. The molecule has 0 radical (unpaired) electrons. The molecule has 0 aromatic heterocycles. The molecule has 0 fully saturated rings. The van der Waals surface area contributed by atoms with E-state index in [9.17, 15) is 24.5 Å². The van der Waals surface area contributed by atoms with Gasteiger partial charge in [0.1, 0.15) is 19.3 Å². The molecule has 0 aliphatic rings. The van der Waals surface area contributed by atoms with Crippen molar-refractivity contribution >= 4 is 13.7 Å². The van der Waals surface area contributed by atoms with E-state index < -0.39 is 32.7 Å². The number of quaternary nitrogens is 1. The number of likely N-dealkylation sites (N-methyl/N-ethyl adjacent to an activating group) is 1. The van der Waals surface area contributed by atoms with Gasteiger partial charge in [-0.05, 0) is 77.0 Å². The Morgan fingerprint density at radius 3 is 1.69 bits per heavy atom. The molecule has 0 aromatic carbocycles. The topological polar surface area (TPSA) is 128 Å². The van der Waals surface area contributed by atoms with Crippen molar-refractivity contribution in [2.24, 2.45) is 0 Å². The Kier molecular flexibility index (Phi) is 32.4. The normalized spacial score (nSPS) is 15.5. The molecule has 0 heterocycles. The molecule has 0 saturated carbocycles. The number of allylic oxidation sites excluding steroid dienone is 6. The van der Waals surface area contributed by atoms with Gasteiger partial charge in [0, 0.05) is 6.42 Å². The molecule has 300 valence electrons. The van der Waals surface area contributed by atoms with Crippen molar-refractivity contribution in [1.29, 1.82) is 0 Å². The smallest absolute Gasteiger partial charge is 0.268 e. The molecule has 1 amide bonds. The molecular weight excluding hydrogens is 663 g/mol. The number of amides is 1. The van der Waals surface area contributed by atoms with Crippen molar-refractivity contribution in [2.75, 3.05) is 40.9 Å². The van der Waals surface area contributed by atoms with E-state index in [1.54, 1.807) is 0 Å². The summed E-state index contributed by atoms with van der Waals surface area (Å²) < 4.78 is 23.0. The van der Waals surface area contributed by atoms with Gasteiger partial charge in [0.05, 0.1) is 39.9 Å². The van der Waals surface area contributed by atoms with Gasteiger partial charge in [-0.2, -0.15) is 0 Å². The summed E-state index contributed by atoms with van der Waals surface area (Å²) in [5.41, 5.74) is 0. The van der Waals surface area contributed by atoms with E-state index in [-0.39, 0.29) is 18.9 Å². The van der Waals surface area contributed by atoms with E-state index in [0.29, 0.717) is 30.3 Å². The van der Waals surface area contributed by atoms with Crippen LogP contribution in [0.15, 0.2) is 36.5 Å². The molecule has 9 nitrogen and oxygen atoms in total. The highest BCUT2D eigenvalue weighted by molar-refractivity contribution is 7.45. The number of nitrogens with one attached hydrogen (secondary N) is 1. The number of unbranched alkanes of at least 4 members (excludes halogenated alkanes) is 16. The Balaban J connectivity index is 4.65. The van der Waals surface area contributed by atoms with E-state index in [2.05, 4.69) is 55.6 Å². The number of aliphatic hydroxyl groups is 2. The summed E-state index contributed by atoms with van der Waals surface area (Å²) in [4.78, 5) is 25.3. The van der Waals surface area contributed by atoms with Gasteiger partial charge in [0.25, 0.3) is 7.82 Å². The lowest BCUT2D eigenvalue weighted by Gasteiger charge is -2.31. The maximum absolute atomic E-state index is 12.8. The monoisotopic (exact) mass is 743 g/mol. The summed E-state index contributed by atoms with van der Waals surface area (Å²) in [6, 6.07) is -1.10. The SMILES string of the molecule is CCCCC/C=C/CC/C=C/CCCC(O)C(O)C(COP(=O)([O-])OCC[N+](C)(C)C)NC(=O)CCCCCCC/C=C\CCCCCCCC. The molecule has 0 spiro atoms. The fraction of sp³-hybridized carbons (Fsp3) is 0.829. The second-order valence-electron chi connectivity index (χ2n) is 15.1. The lowest BCUT2D eigenvalue weighted by Crippen LogP contribution is -2.51. The van der Waals surface area contributed by atoms with Crippen molar-refractivity contribution < 1.29 is 38.0 Å². The van der Waals surface area contributed by atoms with Gasteiger partial charge in [0.15, 0.2) is 0 Å². The summed E-state index contributed by atoms with van der Waals surface area (Å²) in [6.07, 6.45) is 34.7. The second-order valence-corrected chi connectivity index (χ2v) is 16.5. The summed E-state index contributed by atoms with van der Waals surface area (Å²) in [6.45, 7) is 4.34. The van der Waals surface area contributed by atoms with Crippen molar-refractivity contribution in [1.82, 2.24) is 5.32 Å². The van der Waals surface area contributed by atoms with E-state index in [1.807, 2.05) is 21.1 Å². The van der Waals surface area contributed by atoms with E-state index >= 15 is 0 Å². The number of phosphoric ester groups is 1. The van der Waals surface area contributed by atoms with Crippen molar-refractivity contribution in [3.63, 3.8) is 0 Å². The number of rotatable bonds is 36. The zero-order valence-electron chi connectivity index (χ0n) is 33.4. The van der Waals surface area contributed by atoms with Crippen molar-refractivity contribution in [3.05, 3.63) is 36.5 Å². The molecule has 0 aromatic rings. The minimum Gasteiger partial charge on any atom is -0.756 e. The minimum absolute atomic E-state index is 0.0509. The predicted molar refractivity (Wildman–Crippen MR) is 211 cm³/mol. The van der Waals surface area contributed by atoms with Crippen LogP contribution in [0.2, 0.25) is 0 Å². The summed E-state index contributed by atoms with van der Waals surface area (Å²) in [5, 5.41) is 24.5. The van der Waals surface area contributed by atoms with Crippen LogP contribution in [-0.4, -0.2) is 79.8 Å². The van der Waals surface area contributed by atoms with Gasteiger partial charge >= 0.3 is 0 Å². The Morgan fingerprint density at radius 1 is 0.686 bits per heavy atom. The quantitative estimate of drug-likeness (QED) is 0.0253. The predicted octanol–water partition coefficient (Wildman–Crippen LogP) is 9.08. The van der Waals surface area contributed by atoms with Gasteiger partial charge in [-0.15, -0.1) is 0 Å². The van der Waals surface area contributed by atoms with E-state index in [1.165, 1.54) is 64.2 Å². The van der Waals surface area contributed by atoms with Gasteiger partial charge in [-0.25, -0.2) is 0 Å². The highest BCUT2D eigenvalue weighted by Gasteiger charge is 2.29. The van der Waals surface area contributed by atoms with Crippen LogP contribution in [0, 0.1) is 0 Å². The molecule has 10 heteroatoms. The van der Waals surface area contributed by atoms with Gasteiger partial charge in [-0.3, -0.25) is 9.36 Å². The van der Waals surface area contributed by atoms with Gasteiger partial charge in [0.2, 0.25) is 5.91 Å². The molecule has 0 saturated heterocycles. The Hall–Kier alpha value is -1.32. The maximum atomic E-state index is 12.8. The van der Waals surface area contributed by atoms with Gasteiger partial charge in [-0.1, -0.05) is 115 Å². The number of nitrogens with zero attached hydrogens (tertiary/aromatic N) is 1. The highest BCUT2D eigenvalue weighted by Crippen LogP contribution is 2.38. The van der Waals surface area contributed by atoms with Crippen LogP contribution >= 0.6 is 7.82 Å². The zero-order valence-corrected chi connectivity index (χ0v) is 34.3. The lowest BCUT2D eigenvalue weighted by atomic mass is 10.0. The summed E-state index contributed by atoms with van der Waals surface area (Å²) in [5.74, 6) is -0.304. The molecule has 0 aliphatic heterocycles. The molecule has 4 unspecified atom stereocenters. The van der Waals surface area contributed by atoms with Gasteiger partial charge < -0.3 is 34.0 Å². The molecule has 51 heavy (non-hydrogen) atoms. The standard InChI is InChI=1S/C41H79N2O7P/c1-6-8-10-12-14-16-18-20-21-22-24-26-28-30-32-34-40(45)42-38(37-50-51(47,48)49-36-35-43(3,4)5)41(46)39(44)33-31-29-27-25-23-19-17-15-13-11-9-7-2/h15,17,20-21,25,27,38-39,41,44,46H,6-14,16,18-19,22-24,26,28-37H2,1-5H3,(H-,42,45,47,48)/b17-15+,21-20-,27-25+. The van der Waals surface area contributed by atoms with Crippen LogP contribution in [0.3, 0.4) is 0 Å². The van der Waals surface area contributed by atoms with E-state index in [0.717, 1.165) is 57.8 Å². The number of carbonyl (C=O) groups is 1. The average molecular weight is 743 g/mol. The molecule has 0 rings (SSSR count). The molecule has 0 bridgehead atoms. The minimum atomic E-state index is -4.67. The first kappa shape index (κ1) is 49.7. The first-order valence-electron chi connectivity index (χ1n) is 20.4. The van der Waals surface area contributed by atoms with Crippen LogP contribution in [0.5, 0.6) is 0 Å². The summed E-state index contributed by atoms with van der Waals surface area (Å²) >= 11 is 0. The molecule has 3 N–H and O–H groups in total. The van der Waals surface area contributed by atoms with Crippen molar-refractivity contribution in [3.8, 4) is 0 Å². The Morgan fingerprint density at radius 2 is 1.14 bits per heavy atom. The van der Waals surface area contributed by atoms with Crippen LogP contribution in [0.4, 0.5) is 0 Å². The molecular formula is C41H79N2O7P. The van der Waals surface area contributed by atoms with E-state index in [4.69, 9.17) is 9.05 Å². The first-order chi connectivity index (χ1) is 24.4. The number of phosphoric acid groups is 1. The Bertz CT molecular complexity index is 951. The summed E-state index contributed by atoms with van der Waals surface area (Å²) in [7, 11) is 1.09. The average Bonchev–Trinajstić information content (AvgIpc) is 3.07. The largest absolute Gasteiger partial charge is 0.756 e. The number of carbonyl (C=O) groups excluding carboxylic acids is 1. The fourth-order valence-corrected chi connectivity index (χ4v) is 6.28. The number of aliphatic hydroxyl groups excluding tert-OH is 2. The third-order valence-corrected chi connectivity index (χ3v) is 9.88. The maximum Gasteiger partial charge on any atom is 0.268 e. The van der Waals surface area contributed by atoms with Crippen LogP contribution in [-0.2, 0) is 18.4 Å². The number of hydrogen-bond acceptors (Lipinski definition) is 7. The second kappa shape index (κ2) is 33.3. The highest BCUT2D eigenvalue weighted by atomic mass is 31.2. The lowest BCUT2D eigenvalue weighted by molar-refractivity contribution is -0.870. The van der Waals surface area contributed by atoms with Crippen LogP contribution in [0.1, 0.15) is 162 Å². The molecule has 0 aliphatic carbocycles.